The largest absolute Gasteiger partial charge is 0.395 e. The average molecular weight is 289 g/mol. The number of fused-ring (bicyclic) bond motifs is 1. The Labute approximate surface area is 124 Å². The van der Waals surface area contributed by atoms with E-state index in [0.29, 0.717) is 6.04 Å². The fraction of sp³-hybridized carbons (Fsp3) is 0.600. The zero-order valence-corrected chi connectivity index (χ0v) is 12.3. The lowest BCUT2D eigenvalue weighted by Gasteiger charge is -2.34. The molecule has 3 rings (SSSR count). The van der Waals surface area contributed by atoms with Crippen LogP contribution in [0.4, 0.5) is 5.82 Å². The van der Waals surface area contributed by atoms with Gasteiger partial charge in [-0.25, -0.2) is 9.97 Å². The average Bonchev–Trinajstić information content (AvgIpc) is 3.01. The van der Waals surface area contributed by atoms with Crippen LogP contribution in [0.15, 0.2) is 18.6 Å². The number of aliphatic hydroxyl groups excluding tert-OH is 1. The van der Waals surface area contributed by atoms with Gasteiger partial charge in [-0.15, -0.1) is 0 Å². The van der Waals surface area contributed by atoms with Crippen molar-refractivity contribution in [1.82, 2.24) is 19.9 Å². The van der Waals surface area contributed by atoms with Gasteiger partial charge in [0.15, 0.2) is 0 Å². The molecule has 0 aromatic carbocycles. The molecule has 2 aromatic rings. The van der Waals surface area contributed by atoms with Crippen molar-refractivity contribution in [1.29, 1.82) is 0 Å². The summed E-state index contributed by atoms with van der Waals surface area (Å²) in [6, 6.07) is 2.35. The first-order valence-corrected chi connectivity index (χ1v) is 7.75. The zero-order valence-electron chi connectivity index (χ0n) is 12.3. The highest BCUT2D eigenvalue weighted by molar-refractivity contribution is 5.86. The molecule has 114 valence electrons. The molecule has 21 heavy (non-hydrogen) atoms. The molecular formula is C15H23N5O. The highest BCUT2D eigenvalue weighted by atomic mass is 16.3. The third kappa shape index (κ3) is 3.33. The number of piperidine rings is 1. The Morgan fingerprint density at radius 3 is 3.24 bits per heavy atom. The van der Waals surface area contributed by atoms with E-state index in [2.05, 4.69) is 25.2 Å². The van der Waals surface area contributed by atoms with E-state index < -0.39 is 0 Å². The van der Waals surface area contributed by atoms with Gasteiger partial charge in [-0.1, -0.05) is 6.42 Å². The van der Waals surface area contributed by atoms with E-state index in [1.54, 1.807) is 6.33 Å². The Hall–Kier alpha value is -1.66. The van der Waals surface area contributed by atoms with Gasteiger partial charge in [0.1, 0.15) is 17.8 Å². The van der Waals surface area contributed by atoms with Crippen molar-refractivity contribution in [3.05, 3.63) is 18.6 Å². The summed E-state index contributed by atoms with van der Waals surface area (Å²) in [6.45, 7) is 3.30. The minimum Gasteiger partial charge on any atom is -0.395 e. The Morgan fingerprint density at radius 1 is 1.38 bits per heavy atom. The number of nitrogens with zero attached hydrogens (tertiary/aromatic N) is 3. The van der Waals surface area contributed by atoms with Crippen LogP contribution in [0.1, 0.15) is 25.7 Å². The maximum absolute atomic E-state index is 9.41. The van der Waals surface area contributed by atoms with Crippen LogP contribution in [0.2, 0.25) is 0 Å². The molecule has 1 aliphatic rings. The molecule has 0 aliphatic carbocycles. The van der Waals surface area contributed by atoms with Crippen molar-refractivity contribution in [3.8, 4) is 0 Å². The number of anilines is 1. The van der Waals surface area contributed by atoms with Gasteiger partial charge in [0, 0.05) is 25.3 Å². The number of likely N-dealkylation sites (tertiary alicyclic amines) is 1. The zero-order chi connectivity index (χ0) is 14.5. The molecule has 6 nitrogen and oxygen atoms in total. The smallest absolute Gasteiger partial charge is 0.142 e. The summed E-state index contributed by atoms with van der Waals surface area (Å²) < 4.78 is 0. The molecular weight excluding hydrogens is 266 g/mol. The number of hydrogen-bond donors (Lipinski definition) is 3. The van der Waals surface area contributed by atoms with Gasteiger partial charge >= 0.3 is 0 Å². The van der Waals surface area contributed by atoms with Crippen molar-refractivity contribution >= 4 is 16.9 Å². The number of nitrogens with one attached hydrogen (secondary N) is 2. The maximum Gasteiger partial charge on any atom is 0.142 e. The van der Waals surface area contributed by atoms with Crippen molar-refractivity contribution in [2.24, 2.45) is 0 Å². The molecule has 1 fully saturated rings. The normalized spacial score (nSPS) is 20.0. The molecule has 0 unspecified atom stereocenters. The number of aliphatic hydroxyl groups is 1. The van der Waals surface area contributed by atoms with Crippen LogP contribution < -0.4 is 5.32 Å². The van der Waals surface area contributed by atoms with Gasteiger partial charge < -0.3 is 15.4 Å². The lowest BCUT2D eigenvalue weighted by atomic mass is 10.0. The van der Waals surface area contributed by atoms with Gasteiger partial charge in [0.25, 0.3) is 0 Å². The fourth-order valence-corrected chi connectivity index (χ4v) is 3.06. The Balaban J connectivity index is 1.49. The quantitative estimate of drug-likeness (QED) is 0.704. The molecule has 1 aliphatic heterocycles. The van der Waals surface area contributed by atoms with E-state index in [0.717, 1.165) is 49.3 Å². The van der Waals surface area contributed by atoms with E-state index in [9.17, 15) is 5.11 Å². The predicted octanol–water partition coefficient (Wildman–Crippen LogP) is 1.61. The molecule has 0 radical (unpaired) electrons. The molecule has 0 amide bonds. The highest BCUT2D eigenvalue weighted by Crippen LogP contribution is 2.18. The summed E-state index contributed by atoms with van der Waals surface area (Å²) in [5, 5.41) is 13.8. The van der Waals surface area contributed by atoms with E-state index in [-0.39, 0.29) is 6.61 Å². The van der Waals surface area contributed by atoms with Crippen molar-refractivity contribution in [2.45, 2.75) is 31.7 Å². The number of H-pyrrole nitrogens is 1. The first kappa shape index (κ1) is 14.3. The molecule has 3 N–H and O–H groups in total. The third-order valence-corrected chi connectivity index (χ3v) is 4.23. The first-order chi connectivity index (χ1) is 10.4. The number of aromatic amines is 1. The van der Waals surface area contributed by atoms with Crippen LogP contribution in [-0.2, 0) is 0 Å². The SMILES string of the molecule is OC[C@H]1CCCCN1CCCNc1ncnc2[nH]ccc12. The molecule has 0 spiro atoms. The molecule has 0 bridgehead atoms. The molecule has 0 saturated carbocycles. The second-order valence-corrected chi connectivity index (χ2v) is 5.61. The molecule has 1 atom stereocenters. The molecule has 2 aromatic heterocycles. The van der Waals surface area contributed by atoms with E-state index in [1.165, 1.54) is 12.8 Å². The third-order valence-electron chi connectivity index (χ3n) is 4.23. The second-order valence-electron chi connectivity index (χ2n) is 5.61. The summed E-state index contributed by atoms with van der Waals surface area (Å²) in [6.07, 6.45) is 8.12. The highest BCUT2D eigenvalue weighted by Gasteiger charge is 2.20. The topological polar surface area (TPSA) is 77.1 Å². The van der Waals surface area contributed by atoms with Crippen LogP contribution in [0.5, 0.6) is 0 Å². The van der Waals surface area contributed by atoms with Crippen LogP contribution in [0.25, 0.3) is 11.0 Å². The Morgan fingerprint density at radius 2 is 2.33 bits per heavy atom. The van der Waals surface area contributed by atoms with Crippen LogP contribution in [0.3, 0.4) is 0 Å². The van der Waals surface area contributed by atoms with Crippen LogP contribution in [0, 0.1) is 0 Å². The fourth-order valence-electron chi connectivity index (χ4n) is 3.06. The van der Waals surface area contributed by atoms with Crippen LogP contribution >= 0.6 is 0 Å². The van der Waals surface area contributed by atoms with Gasteiger partial charge in [-0.05, 0) is 31.9 Å². The van der Waals surface area contributed by atoms with Crippen LogP contribution in [-0.4, -0.2) is 57.2 Å². The summed E-state index contributed by atoms with van der Waals surface area (Å²) in [5.41, 5.74) is 0.865. The van der Waals surface area contributed by atoms with Gasteiger partial charge in [-0.2, -0.15) is 0 Å². The molecule has 6 heteroatoms. The Bertz CT molecular complexity index is 570. The summed E-state index contributed by atoms with van der Waals surface area (Å²) in [7, 11) is 0. The predicted molar refractivity (Wildman–Crippen MR) is 83.3 cm³/mol. The minimum absolute atomic E-state index is 0.281. The number of aromatic nitrogens is 3. The first-order valence-electron chi connectivity index (χ1n) is 7.75. The standard InChI is InChI=1S/C15H23N5O/c21-10-12-4-1-2-8-20(12)9-3-6-16-14-13-5-7-17-15(13)19-11-18-14/h5,7,11-12,21H,1-4,6,8-10H2,(H2,16,17,18,19)/t12-/m1/s1. The van der Waals surface area contributed by atoms with Gasteiger partial charge in [0.2, 0.25) is 0 Å². The van der Waals surface area contributed by atoms with Gasteiger partial charge in [-0.3, -0.25) is 4.90 Å². The summed E-state index contributed by atoms with van der Waals surface area (Å²) in [4.78, 5) is 14.0. The lowest BCUT2D eigenvalue weighted by Crippen LogP contribution is -2.42. The Kier molecular flexibility index (Phi) is 4.67. The van der Waals surface area contributed by atoms with E-state index in [4.69, 9.17) is 0 Å². The van der Waals surface area contributed by atoms with Crippen molar-refractivity contribution < 1.29 is 5.11 Å². The number of hydrogen-bond acceptors (Lipinski definition) is 5. The second kappa shape index (κ2) is 6.87. The van der Waals surface area contributed by atoms with Crippen molar-refractivity contribution in [2.75, 3.05) is 31.6 Å². The monoisotopic (exact) mass is 289 g/mol. The van der Waals surface area contributed by atoms with E-state index in [1.807, 2.05) is 12.3 Å². The maximum atomic E-state index is 9.41. The minimum atomic E-state index is 0.281. The van der Waals surface area contributed by atoms with E-state index >= 15 is 0 Å². The summed E-state index contributed by atoms with van der Waals surface area (Å²) >= 11 is 0. The summed E-state index contributed by atoms with van der Waals surface area (Å²) in [5.74, 6) is 0.888. The lowest BCUT2D eigenvalue weighted by molar-refractivity contribution is 0.0901. The van der Waals surface area contributed by atoms with Gasteiger partial charge in [0.05, 0.1) is 12.0 Å². The van der Waals surface area contributed by atoms with Crippen molar-refractivity contribution in [3.63, 3.8) is 0 Å². The number of rotatable bonds is 6. The molecule has 3 heterocycles. The molecule has 1 saturated heterocycles.